The van der Waals surface area contributed by atoms with Crippen LogP contribution in [-0.2, 0) is 17.8 Å². The van der Waals surface area contributed by atoms with Crippen LogP contribution in [0.4, 0.5) is 5.69 Å². The van der Waals surface area contributed by atoms with Gasteiger partial charge in [-0.1, -0.05) is 48.5 Å². The maximum absolute atomic E-state index is 12.2. The number of tetrazole rings is 1. The third-order valence-electron chi connectivity index (χ3n) is 4.75. The van der Waals surface area contributed by atoms with Gasteiger partial charge in [0.15, 0.2) is 0 Å². The molecule has 2 N–H and O–H groups in total. The Balaban J connectivity index is 1.29. The van der Waals surface area contributed by atoms with E-state index in [9.17, 15) is 9.59 Å². The number of hydrogen-bond acceptors (Lipinski definition) is 5. The van der Waals surface area contributed by atoms with Crippen molar-refractivity contribution in [1.29, 1.82) is 0 Å². The van der Waals surface area contributed by atoms with Crippen molar-refractivity contribution in [2.45, 2.75) is 13.0 Å². The topological polar surface area (TPSA) is 102 Å². The van der Waals surface area contributed by atoms with Gasteiger partial charge in [0.2, 0.25) is 11.7 Å². The highest BCUT2D eigenvalue weighted by molar-refractivity contribution is 6.04. The zero-order valence-electron chi connectivity index (χ0n) is 17.3. The molecule has 8 nitrogen and oxygen atoms in total. The SMILES string of the molecule is O=C(Cn1nnc(-c2ccc(NC(=O)c3ccccc3)cc2)n1)NCCc1ccccc1. The van der Waals surface area contributed by atoms with Crippen molar-refractivity contribution in [1.82, 2.24) is 25.5 Å². The lowest BCUT2D eigenvalue weighted by molar-refractivity contribution is -0.122. The Bertz CT molecular complexity index is 1170. The van der Waals surface area contributed by atoms with Gasteiger partial charge in [-0.15, -0.1) is 10.2 Å². The van der Waals surface area contributed by atoms with E-state index in [2.05, 4.69) is 26.0 Å². The maximum Gasteiger partial charge on any atom is 0.255 e. The third kappa shape index (κ3) is 5.63. The van der Waals surface area contributed by atoms with Crippen LogP contribution in [0, 0.1) is 0 Å². The minimum atomic E-state index is -0.180. The molecule has 2 amide bonds. The molecule has 0 aliphatic rings. The first-order valence-corrected chi connectivity index (χ1v) is 10.2. The van der Waals surface area contributed by atoms with Gasteiger partial charge in [0.1, 0.15) is 6.54 Å². The monoisotopic (exact) mass is 426 g/mol. The standard InChI is InChI=1S/C24H22N6O2/c31-22(25-16-15-18-7-3-1-4-8-18)17-30-28-23(27-29-30)19-11-13-21(14-12-19)26-24(32)20-9-5-2-6-10-20/h1-14H,15-17H2,(H,25,31)(H,26,32). The Kier molecular flexibility index (Phi) is 6.62. The summed E-state index contributed by atoms with van der Waals surface area (Å²) in [5, 5.41) is 18.0. The summed E-state index contributed by atoms with van der Waals surface area (Å²) in [6.07, 6.45) is 0.760. The number of carbonyl (C=O) groups is 2. The summed E-state index contributed by atoms with van der Waals surface area (Å²) in [5.74, 6) is 0.0487. The highest BCUT2D eigenvalue weighted by Crippen LogP contribution is 2.18. The van der Waals surface area contributed by atoms with Crippen molar-refractivity contribution in [3.05, 3.63) is 96.1 Å². The molecule has 32 heavy (non-hydrogen) atoms. The van der Waals surface area contributed by atoms with Crippen molar-refractivity contribution in [3.8, 4) is 11.4 Å². The number of aromatic nitrogens is 4. The first-order chi connectivity index (χ1) is 15.7. The van der Waals surface area contributed by atoms with Crippen molar-refractivity contribution in [3.63, 3.8) is 0 Å². The molecule has 4 rings (SSSR count). The van der Waals surface area contributed by atoms with E-state index in [1.165, 1.54) is 4.80 Å². The average Bonchev–Trinajstić information content (AvgIpc) is 3.29. The first kappa shape index (κ1) is 20.9. The normalized spacial score (nSPS) is 10.5. The molecule has 1 heterocycles. The van der Waals surface area contributed by atoms with E-state index in [0.717, 1.165) is 17.5 Å². The highest BCUT2D eigenvalue weighted by atomic mass is 16.2. The number of hydrogen-bond donors (Lipinski definition) is 2. The predicted molar refractivity (Wildman–Crippen MR) is 121 cm³/mol. The molecule has 160 valence electrons. The smallest absolute Gasteiger partial charge is 0.255 e. The number of carbonyl (C=O) groups excluding carboxylic acids is 2. The number of nitrogens with one attached hydrogen (secondary N) is 2. The largest absolute Gasteiger partial charge is 0.354 e. The lowest BCUT2D eigenvalue weighted by Gasteiger charge is -2.05. The van der Waals surface area contributed by atoms with Crippen molar-refractivity contribution >= 4 is 17.5 Å². The predicted octanol–water partition coefficient (Wildman–Crippen LogP) is 2.95. The van der Waals surface area contributed by atoms with Crippen LogP contribution >= 0.6 is 0 Å². The van der Waals surface area contributed by atoms with Crippen LogP contribution in [0.5, 0.6) is 0 Å². The molecule has 1 aromatic heterocycles. The molecule has 8 heteroatoms. The third-order valence-corrected chi connectivity index (χ3v) is 4.75. The van der Waals surface area contributed by atoms with Crippen molar-refractivity contribution in [2.75, 3.05) is 11.9 Å². The Morgan fingerprint density at radius 3 is 2.25 bits per heavy atom. The Morgan fingerprint density at radius 2 is 1.53 bits per heavy atom. The fourth-order valence-electron chi connectivity index (χ4n) is 3.10. The number of anilines is 1. The van der Waals surface area contributed by atoms with E-state index in [4.69, 9.17) is 0 Å². The van der Waals surface area contributed by atoms with E-state index in [1.807, 2.05) is 48.5 Å². The number of nitrogens with zero attached hydrogens (tertiary/aromatic N) is 4. The lowest BCUT2D eigenvalue weighted by Crippen LogP contribution is -2.30. The first-order valence-electron chi connectivity index (χ1n) is 10.2. The van der Waals surface area contributed by atoms with Gasteiger partial charge >= 0.3 is 0 Å². The van der Waals surface area contributed by atoms with E-state index in [0.29, 0.717) is 23.6 Å². The van der Waals surface area contributed by atoms with Gasteiger partial charge in [-0.2, -0.15) is 4.80 Å². The maximum atomic E-state index is 12.2. The Morgan fingerprint density at radius 1 is 0.844 bits per heavy atom. The van der Waals surface area contributed by atoms with Gasteiger partial charge in [-0.25, -0.2) is 0 Å². The van der Waals surface area contributed by atoms with Gasteiger partial charge in [-0.05, 0) is 53.6 Å². The molecule has 0 unspecified atom stereocenters. The van der Waals surface area contributed by atoms with Crippen LogP contribution in [0.25, 0.3) is 11.4 Å². The summed E-state index contributed by atoms with van der Waals surface area (Å²) in [6.45, 7) is 0.535. The molecule has 0 aliphatic heterocycles. The summed E-state index contributed by atoms with van der Waals surface area (Å²) in [4.78, 5) is 25.6. The highest BCUT2D eigenvalue weighted by Gasteiger charge is 2.10. The summed E-state index contributed by atoms with van der Waals surface area (Å²) < 4.78 is 0. The van der Waals surface area contributed by atoms with E-state index < -0.39 is 0 Å². The van der Waals surface area contributed by atoms with Crippen LogP contribution in [0.1, 0.15) is 15.9 Å². The molecule has 3 aromatic carbocycles. The number of amides is 2. The molecule has 0 bridgehead atoms. The summed E-state index contributed by atoms with van der Waals surface area (Å²) >= 11 is 0. The van der Waals surface area contributed by atoms with E-state index in [1.54, 1.807) is 36.4 Å². The fourth-order valence-corrected chi connectivity index (χ4v) is 3.10. The molecule has 0 spiro atoms. The molecular formula is C24H22N6O2. The lowest BCUT2D eigenvalue weighted by atomic mass is 10.1. The second kappa shape index (κ2) is 10.1. The minimum absolute atomic E-state index is 0.00694. The molecule has 0 fully saturated rings. The molecule has 0 aliphatic carbocycles. The quantitative estimate of drug-likeness (QED) is 0.451. The molecule has 0 saturated carbocycles. The van der Waals surface area contributed by atoms with Gasteiger partial charge < -0.3 is 10.6 Å². The number of rotatable bonds is 8. The molecule has 4 aromatic rings. The average molecular weight is 426 g/mol. The van der Waals surface area contributed by atoms with Gasteiger partial charge in [0, 0.05) is 23.4 Å². The van der Waals surface area contributed by atoms with Crippen LogP contribution in [0.3, 0.4) is 0 Å². The van der Waals surface area contributed by atoms with Gasteiger partial charge in [-0.3, -0.25) is 9.59 Å². The zero-order valence-corrected chi connectivity index (χ0v) is 17.3. The van der Waals surface area contributed by atoms with Crippen molar-refractivity contribution < 1.29 is 9.59 Å². The number of benzene rings is 3. The van der Waals surface area contributed by atoms with E-state index in [-0.39, 0.29) is 18.4 Å². The summed E-state index contributed by atoms with van der Waals surface area (Å²) in [6, 6.07) is 26.1. The molecular weight excluding hydrogens is 404 g/mol. The Labute approximate surface area is 185 Å². The minimum Gasteiger partial charge on any atom is -0.354 e. The molecule has 0 saturated heterocycles. The Hall–Kier alpha value is -4.33. The van der Waals surface area contributed by atoms with E-state index >= 15 is 0 Å². The second-order valence-electron chi connectivity index (χ2n) is 7.13. The molecule has 0 atom stereocenters. The molecule has 0 radical (unpaired) electrons. The van der Waals surface area contributed by atoms with Crippen LogP contribution in [0.15, 0.2) is 84.9 Å². The summed E-state index contributed by atoms with van der Waals surface area (Å²) in [5.41, 5.74) is 3.15. The second-order valence-corrected chi connectivity index (χ2v) is 7.13. The summed E-state index contributed by atoms with van der Waals surface area (Å²) in [7, 11) is 0. The fraction of sp³-hybridized carbons (Fsp3) is 0.125. The van der Waals surface area contributed by atoms with Crippen molar-refractivity contribution in [2.24, 2.45) is 0 Å². The van der Waals surface area contributed by atoms with Crippen LogP contribution < -0.4 is 10.6 Å². The van der Waals surface area contributed by atoms with Crippen LogP contribution in [-0.4, -0.2) is 38.6 Å². The van der Waals surface area contributed by atoms with Gasteiger partial charge in [0.25, 0.3) is 5.91 Å². The van der Waals surface area contributed by atoms with Gasteiger partial charge in [0.05, 0.1) is 0 Å². The zero-order chi connectivity index (χ0) is 22.2. The van der Waals surface area contributed by atoms with Crippen LogP contribution in [0.2, 0.25) is 0 Å².